The Kier molecular flexibility index (Phi) is 3.73. The summed E-state index contributed by atoms with van der Waals surface area (Å²) in [6.07, 6.45) is 1.95. The third-order valence-electron chi connectivity index (χ3n) is 2.77. The van der Waals surface area contributed by atoms with Crippen molar-refractivity contribution >= 4 is 32.2 Å². The van der Waals surface area contributed by atoms with Gasteiger partial charge in [-0.05, 0) is 41.2 Å². The standard InChI is InChI=1S/C13H11BrFN3OS/c1-16-7-11-12(17-13-18(11)4-5-20-13)19-8-2-3-10(15)9(14)6-8/h2-6,16H,7H2,1H3. The van der Waals surface area contributed by atoms with Crippen molar-refractivity contribution in [2.45, 2.75) is 6.54 Å². The molecule has 104 valence electrons. The molecule has 0 unspecified atom stereocenters. The molecule has 7 heteroatoms. The predicted molar refractivity (Wildman–Crippen MR) is 80.0 cm³/mol. The van der Waals surface area contributed by atoms with Crippen LogP contribution < -0.4 is 10.1 Å². The maximum absolute atomic E-state index is 13.2. The van der Waals surface area contributed by atoms with Gasteiger partial charge in [0.05, 0.1) is 4.47 Å². The summed E-state index contributed by atoms with van der Waals surface area (Å²) in [5.41, 5.74) is 0.934. The summed E-state index contributed by atoms with van der Waals surface area (Å²) < 4.78 is 21.4. The van der Waals surface area contributed by atoms with Crippen LogP contribution in [0.2, 0.25) is 0 Å². The molecule has 0 fully saturated rings. The van der Waals surface area contributed by atoms with E-state index in [4.69, 9.17) is 4.74 Å². The van der Waals surface area contributed by atoms with Gasteiger partial charge in [-0.25, -0.2) is 4.39 Å². The highest BCUT2D eigenvalue weighted by molar-refractivity contribution is 9.10. The van der Waals surface area contributed by atoms with Gasteiger partial charge in [0.2, 0.25) is 5.88 Å². The average molecular weight is 356 g/mol. The normalized spacial score (nSPS) is 11.2. The molecule has 0 amide bonds. The van der Waals surface area contributed by atoms with E-state index in [1.807, 2.05) is 23.0 Å². The molecule has 0 saturated carbocycles. The molecular weight excluding hydrogens is 345 g/mol. The fraction of sp³-hybridized carbons (Fsp3) is 0.154. The van der Waals surface area contributed by atoms with Crippen LogP contribution in [0.3, 0.4) is 0 Å². The minimum Gasteiger partial charge on any atom is -0.437 e. The van der Waals surface area contributed by atoms with Gasteiger partial charge in [0, 0.05) is 18.1 Å². The van der Waals surface area contributed by atoms with Crippen LogP contribution in [0.25, 0.3) is 4.96 Å². The van der Waals surface area contributed by atoms with E-state index in [0.717, 1.165) is 10.7 Å². The van der Waals surface area contributed by atoms with Crippen LogP contribution in [0, 0.1) is 5.82 Å². The maximum atomic E-state index is 13.2. The Balaban J connectivity index is 1.98. The molecule has 3 aromatic rings. The molecule has 20 heavy (non-hydrogen) atoms. The Labute approximate surface area is 127 Å². The van der Waals surface area contributed by atoms with Crippen LogP contribution in [0.15, 0.2) is 34.2 Å². The first-order chi connectivity index (χ1) is 9.69. The Morgan fingerprint density at radius 3 is 3.10 bits per heavy atom. The van der Waals surface area contributed by atoms with Crippen LogP contribution >= 0.6 is 27.3 Å². The molecule has 0 radical (unpaired) electrons. The fourth-order valence-corrected chi connectivity index (χ4v) is 2.96. The van der Waals surface area contributed by atoms with Gasteiger partial charge in [-0.2, -0.15) is 4.98 Å². The van der Waals surface area contributed by atoms with Crippen LogP contribution in [0.4, 0.5) is 4.39 Å². The molecule has 0 saturated heterocycles. The van der Waals surface area contributed by atoms with E-state index in [9.17, 15) is 4.39 Å². The lowest BCUT2D eigenvalue weighted by molar-refractivity contribution is 0.455. The largest absolute Gasteiger partial charge is 0.437 e. The van der Waals surface area contributed by atoms with Crippen molar-refractivity contribution in [1.29, 1.82) is 0 Å². The van der Waals surface area contributed by atoms with Gasteiger partial charge in [-0.3, -0.25) is 4.40 Å². The Bertz CT molecular complexity index is 755. The second-order valence-corrected chi connectivity index (χ2v) is 5.85. The number of imidazole rings is 1. The number of halogens is 2. The highest BCUT2D eigenvalue weighted by Crippen LogP contribution is 2.30. The van der Waals surface area contributed by atoms with Gasteiger partial charge in [-0.15, -0.1) is 11.3 Å². The Morgan fingerprint density at radius 2 is 2.35 bits per heavy atom. The summed E-state index contributed by atoms with van der Waals surface area (Å²) >= 11 is 4.68. The molecule has 0 spiro atoms. The van der Waals surface area contributed by atoms with Gasteiger partial charge in [0.1, 0.15) is 17.3 Å². The Morgan fingerprint density at radius 1 is 1.50 bits per heavy atom. The topological polar surface area (TPSA) is 38.6 Å². The number of nitrogens with zero attached hydrogens (tertiary/aromatic N) is 2. The molecule has 1 aromatic carbocycles. The number of rotatable bonds is 4. The zero-order valence-corrected chi connectivity index (χ0v) is 13.0. The first-order valence-electron chi connectivity index (χ1n) is 5.91. The van der Waals surface area contributed by atoms with Gasteiger partial charge in [0.25, 0.3) is 0 Å². The smallest absolute Gasteiger partial charge is 0.243 e. The molecule has 4 nitrogen and oxygen atoms in total. The second kappa shape index (κ2) is 5.51. The highest BCUT2D eigenvalue weighted by atomic mass is 79.9. The number of fused-ring (bicyclic) bond motifs is 1. The SMILES string of the molecule is CNCc1c(Oc2ccc(F)c(Br)c2)nc2sccn12. The average Bonchev–Trinajstić information content (AvgIpc) is 2.98. The van der Waals surface area contributed by atoms with Crippen molar-refractivity contribution in [3.05, 3.63) is 45.8 Å². The summed E-state index contributed by atoms with van der Waals surface area (Å²) in [5.74, 6) is 0.754. The summed E-state index contributed by atoms with van der Waals surface area (Å²) in [7, 11) is 1.87. The molecule has 0 aliphatic heterocycles. The third-order valence-corrected chi connectivity index (χ3v) is 4.14. The van der Waals surface area contributed by atoms with E-state index in [1.165, 1.54) is 17.4 Å². The lowest BCUT2D eigenvalue weighted by atomic mass is 10.3. The lowest BCUT2D eigenvalue weighted by Gasteiger charge is -2.06. The number of hydrogen-bond acceptors (Lipinski definition) is 4. The molecule has 0 aliphatic carbocycles. The number of nitrogens with one attached hydrogen (secondary N) is 1. The summed E-state index contributed by atoms with van der Waals surface area (Å²) in [4.78, 5) is 5.32. The Hall–Kier alpha value is -1.44. The number of ether oxygens (including phenoxy) is 1. The molecule has 1 N–H and O–H groups in total. The molecule has 2 aromatic heterocycles. The molecule has 0 bridgehead atoms. The number of hydrogen-bond donors (Lipinski definition) is 1. The van der Waals surface area contributed by atoms with E-state index >= 15 is 0 Å². The predicted octanol–water partition coefficient (Wildman–Crippen LogP) is 3.81. The second-order valence-electron chi connectivity index (χ2n) is 4.13. The van der Waals surface area contributed by atoms with Crippen LogP contribution in [0.5, 0.6) is 11.6 Å². The maximum Gasteiger partial charge on any atom is 0.243 e. The number of thiazole rings is 1. The van der Waals surface area contributed by atoms with Crippen molar-refractivity contribution in [2.24, 2.45) is 0 Å². The minimum atomic E-state index is -0.321. The van der Waals surface area contributed by atoms with E-state index in [-0.39, 0.29) is 5.82 Å². The number of aromatic nitrogens is 2. The molecule has 3 rings (SSSR count). The van der Waals surface area contributed by atoms with Crippen LogP contribution in [-0.4, -0.2) is 16.4 Å². The van der Waals surface area contributed by atoms with Crippen molar-refractivity contribution in [3.8, 4) is 11.6 Å². The van der Waals surface area contributed by atoms with Crippen molar-refractivity contribution in [2.75, 3.05) is 7.05 Å². The highest BCUT2D eigenvalue weighted by Gasteiger charge is 2.15. The zero-order chi connectivity index (χ0) is 14.1. The fourth-order valence-electron chi connectivity index (χ4n) is 1.87. The van der Waals surface area contributed by atoms with Crippen LogP contribution in [0.1, 0.15) is 5.69 Å². The lowest BCUT2D eigenvalue weighted by Crippen LogP contribution is -2.08. The minimum absolute atomic E-state index is 0.321. The van der Waals surface area contributed by atoms with Gasteiger partial charge in [-0.1, -0.05) is 0 Å². The van der Waals surface area contributed by atoms with Crippen molar-refractivity contribution in [1.82, 2.24) is 14.7 Å². The van der Waals surface area contributed by atoms with Gasteiger partial charge >= 0.3 is 0 Å². The van der Waals surface area contributed by atoms with E-state index < -0.39 is 0 Å². The van der Waals surface area contributed by atoms with E-state index in [2.05, 4.69) is 26.2 Å². The molecule has 0 aliphatic rings. The number of benzene rings is 1. The summed E-state index contributed by atoms with van der Waals surface area (Å²) in [6, 6.07) is 4.53. The van der Waals surface area contributed by atoms with E-state index in [0.29, 0.717) is 22.6 Å². The van der Waals surface area contributed by atoms with Gasteiger partial charge < -0.3 is 10.1 Å². The first-order valence-corrected chi connectivity index (χ1v) is 7.58. The summed E-state index contributed by atoms with van der Waals surface area (Å²) in [6.45, 7) is 0.635. The molecule has 0 atom stereocenters. The quantitative estimate of drug-likeness (QED) is 0.773. The third kappa shape index (κ3) is 2.44. The molecular formula is C13H11BrFN3OS. The summed E-state index contributed by atoms with van der Waals surface area (Å²) in [5, 5.41) is 5.07. The molecule has 2 heterocycles. The zero-order valence-electron chi connectivity index (χ0n) is 10.6. The van der Waals surface area contributed by atoms with Gasteiger partial charge in [0.15, 0.2) is 4.96 Å². The van der Waals surface area contributed by atoms with E-state index in [1.54, 1.807) is 12.1 Å². The first kappa shape index (κ1) is 13.5. The monoisotopic (exact) mass is 355 g/mol. The van der Waals surface area contributed by atoms with Crippen molar-refractivity contribution in [3.63, 3.8) is 0 Å². The van der Waals surface area contributed by atoms with Crippen molar-refractivity contribution < 1.29 is 9.13 Å². The van der Waals surface area contributed by atoms with Crippen LogP contribution in [-0.2, 0) is 6.54 Å².